The summed E-state index contributed by atoms with van der Waals surface area (Å²) in [5.74, 6) is -0.247. The number of benzene rings is 1. The van der Waals surface area contributed by atoms with Crippen LogP contribution in [0.2, 0.25) is 0 Å². The molecule has 0 aliphatic carbocycles. The molecule has 0 atom stereocenters. The minimum Gasteiger partial charge on any atom is -0.385 e. The van der Waals surface area contributed by atoms with Gasteiger partial charge in [-0.05, 0) is 42.4 Å². The standard InChI is InChI=1S/C15H20BrN3O2S/c1-19(15(22)17-9-4-10-21-2)18-14(20)8-7-12-5-3-6-13(16)11-12/h3,5-8,11H,4,9-10H2,1-2H3,(H,17,22)(H,18,20)/b8-7+. The average molecular weight is 386 g/mol. The molecule has 1 aromatic rings. The van der Waals surface area contributed by atoms with Gasteiger partial charge in [0.05, 0.1) is 0 Å². The van der Waals surface area contributed by atoms with Crippen LogP contribution in [-0.2, 0) is 9.53 Å². The van der Waals surface area contributed by atoms with E-state index in [4.69, 9.17) is 17.0 Å². The maximum Gasteiger partial charge on any atom is 0.262 e. The summed E-state index contributed by atoms with van der Waals surface area (Å²) in [6.45, 7) is 1.36. The van der Waals surface area contributed by atoms with Crippen LogP contribution in [-0.4, -0.2) is 43.3 Å². The van der Waals surface area contributed by atoms with E-state index in [1.54, 1.807) is 20.2 Å². The highest BCUT2D eigenvalue weighted by Gasteiger charge is 2.05. The monoisotopic (exact) mass is 385 g/mol. The van der Waals surface area contributed by atoms with Gasteiger partial charge in [-0.1, -0.05) is 28.1 Å². The number of rotatable bonds is 6. The van der Waals surface area contributed by atoms with Crippen LogP contribution in [0.3, 0.4) is 0 Å². The number of hydrogen-bond acceptors (Lipinski definition) is 3. The molecule has 7 heteroatoms. The van der Waals surface area contributed by atoms with E-state index in [2.05, 4.69) is 26.7 Å². The molecule has 120 valence electrons. The van der Waals surface area contributed by atoms with Crippen molar-refractivity contribution < 1.29 is 9.53 Å². The van der Waals surface area contributed by atoms with Crippen LogP contribution in [0.15, 0.2) is 34.8 Å². The Bertz CT molecular complexity index is 537. The van der Waals surface area contributed by atoms with Gasteiger partial charge in [0.1, 0.15) is 0 Å². The first-order chi connectivity index (χ1) is 10.5. The van der Waals surface area contributed by atoms with E-state index in [-0.39, 0.29) is 5.91 Å². The van der Waals surface area contributed by atoms with Crippen LogP contribution < -0.4 is 10.7 Å². The van der Waals surface area contributed by atoms with Crippen LogP contribution >= 0.6 is 28.1 Å². The summed E-state index contributed by atoms with van der Waals surface area (Å²) in [4.78, 5) is 11.8. The molecule has 0 heterocycles. The molecule has 22 heavy (non-hydrogen) atoms. The summed E-state index contributed by atoms with van der Waals surface area (Å²) in [7, 11) is 3.35. The molecule has 0 saturated heterocycles. The van der Waals surface area contributed by atoms with Gasteiger partial charge in [0.25, 0.3) is 5.91 Å². The van der Waals surface area contributed by atoms with Gasteiger partial charge in [-0.3, -0.25) is 15.2 Å². The molecule has 1 rings (SSSR count). The Morgan fingerprint density at radius 1 is 1.50 bits per heavy atom. The van der Waals surface area contributed by atoms with E-state index < -0.39 is 0 Å². The van der Waals surface area contributed by atoms with Gasteiger partial charge in [0.15, 0.2) is 5.11 Å². The van der Waals surface area contributed by atoms with Crippen LogP contribution in [0.25, 0.3) is 6.08 Å². The number of nitrogens with one attached hydrogen (secondary N) is 2. The smallest absolute Gasteiger partial charge is 0.262 e. The third-order valence-corrected chi connectivity index (χ3v) is 3.57. The molecule has 2 N–H and O–H groups in total. The summed E-state index contributed by atoms with van der Waals surface area (Å²) < 4.78 is 5.92. The largest absolute Gasteiger partial charge is 0.385 e. The lowest BCUT2D eigenvalue weighted by Crippen LogP contribution is -2.47. The molecule has 0 bridgehead atoms. The molecule has 0 aliphatic heterocycles. The van der Waals surface area contributed by atoms with Crippen LogP contribution in [0, 0.1) is 0 Å². The van der Waals surface area contributed by atoms with Gasteiger partial charge < -0.3 is 10.1 Å². The third kappa shape index (κ3) is 7.53. The second-order valence-electron chi connectivity index (χ2n) is 4.50. The SMILES string of the molecule is COCCCNC(=S)N(C)NC(=O)/C=C/c1cccc(Br)c1. The highest BCUT2D eigenvalue weighted by atomic mass is 79.9. The average Bonchev–Trinajstić information content (AvgIpc) is 2.49. The van der Waals surface area contributed by atoms with E-state index in [1.165, 1.54) is 11.1 Å². The molecule has 0 aromatic heterocycles. The minimum absolute atomic E-state index is 0.247. The molecule has 0 spiro atoms. The number of hydrazine groups is 1. The fourth-order valence-corrected chi connectivity index (χ4v) is 2.13. The summed E-state index contributed by atoms with van der Waals surface area (Å²) >= 11 is 8.56. The maximum atomic E-state index is 11.8. The summed E-state index contributed by atoms with van der Waals surface area (Å²) in [5, 5.41) is 4.98. The van der Waals surface area contributed by atoms with Crippen molar-refractivity contribution in [2.45, 2.75) is 6.42 Å². The first kappa shape index (κ1) is 18.6. The zero-order valence-corrected chi connectivity index (χ0v) is 15.0. The molecule has 1 amide bonds. The molecule has 0 aliphatic rings. The Hall–Kier alpha value is -1.44. The van der Waals surface area contributed by atoms with Crippen molar-refractivity contribution in [1.82, 2.24) is 15.8 Å². The Balaban J connectivity index is 2.38. The zero-order chi connectivity index (χ0) is 16.4. The van der Waals surface area contributed by atoms with Crippen molar-refractivity contribution in [2.24, 2.45) is 0 Å². The van der Waals surface area contributed by atoms with E-state index in [9.17, 15) is 4.79 Å². The quantitative estimate of drug-likeness (QED) is 0.340. The fraction of sp³-hybridized carbons (Fsp3) is 0.333. The normalized spacial score (nSPS) is 10.5. The summed E-state index contributed by atoms with van der Waals surface area (Å²) in [6.07, 6.45) is 4.05. The fourth-order valence-electron chi connectivity index (χ4n) is 1.57. The summed E-state index contributed by atoms with van der Waals surface area (Å²) in [6, 6.07) is 7.68. The zero-order valence-electron chi connectivity index (χ0n) is 12.6. The third-order valence-electron chi connectivity index (χ3n) is 2.66. The Morgan fingerprint density at radius 2 is 2.27 bits per heavy atom. The number of methoxy groups -OCH3 is 1. The number of carbonyl (C=O) groups is 1. The molecular weight excluding hydrogens is 366 g/mol. The number of halogens is 1. The van der Waals surface area contributed by atoms with Gasteiger partial charge in [0, 0.05) is 37.9 Å². The second kappa shape index (κ2) is 10.3. The number of thiocarbonyl (C=S) groups is 1. The minimum atomic E-state index is -0.247. The highest BCUT2D eigenvalue weighted by molar-refractivity contribution is 9.10. The van der Waals surface area contributed by atoms with Crippen LogP contribution in [0.5, 0.6) is 0 Å². The topological polar surface area (TPSA) is 53.6 Å². The lowest BCUT2D eigenvalue weighted by molar-refractivity contribution is -0.119. The molecule has 0 saturated carbocycles. The van der Waals surface area contributed by atoms with Gasteiger partial charge in [0.2, 0.25) is 0 Å². The van der Waals surface area contributed by atoms with Crippen molar-refractivity contribution in [2.75, 3.05) is 27.3 Å². The van der Waals surface area contributed by atoms with Gasteiger partial charge >= 0.3 is 0 Å². The first-order valence-corrected chi connectivity index (χ1v) is 7.98. The molecular formula is C15H20BrN3O2S. The van der Waals surface area contributed by atoms with E-state index in [0.29, 0.717) is 18.3 Å². The number of amides is 1. The van der Waals surface area contributed by atoms with Gasteiger partial charge in [-0.15, -0.1) is 0 Å². The van der Waals surface area contributed by atoms with Crippen LogP contribution in [0.1, 0.15) is 12.0 Å². The Labute approximate surface area is 144 Å². The number of ether oxygens (including phenoxy) is 1. The Kier molecular flexibility index (Phi) is 8.72. The lowest BCUT2D eigenvalue weighted by atomic mass is 10.2. The van der Waals surface area contributed by atoms with E-state index in [0.717, 1.165) is 16.5 Å². The molecule has 0 radical (unpaired) electrons. The maximum absolute atomic E-state index is 11.8. The predicted molar refractivity (Wildman–Crippen MR) is 96.2 cm³/mol. The molecule has 5 nitrogen and oxygen atoms in total. The van der Waals surface area contributed by atoms with Gasteiger partial charge in [-0.2, -0.15) is 0 Å². The number of carbonyl (C=O) groups excluding carboxylic acids is 1. The molecule has 0 unspecified atom stereocenters. The van der Waals surface area contributed by atoms with Crippen molar-refractivity contribution in [1.29, 1.82) is 0 Å². The molecule has 0 fully saturated rings. The van der Waals surface area contributed by atoms with E-state index in [1.807, 2.05) is 24.3 Å². The Morgan fingerprint density at radius 3 is 2.95 bits per heavy atom. The molecule has 1 aromatic carbocycles. The van der Waals surface area contributed by atoms with E-state index >= 15 is 0 Å². The lowest BCUT2D eigenvalue weighted by Gasteiger charge is -2.20. The van der Waals surface area contributed by atoms with Crippen molar-refractivity contribution in [3.8, 4) is 0 Å². The number of hydrogen-bond donors (Lipinski definition) is 2. The number of nitrogens with zero attached hydrogens (tertiary/aromatic N) is 1. The first-order valence-electron chi connectivity index (χ1n) is 6.77. The van der Waals surface area contributed by atoms with Crippen molar-refractivity contribution in [3.63, 3.8) is 0 Å². The second-order valence-corrected chi connectivity index (χ2v) is 5.80. The summed E-state index contributed by atoms with van der Waals surface area (Å²) in [5.41, 5.74) is 3.60. The van der Waals surface area contributed by atoms with Crippen molar-refractivity contribution in [3.05, 3.63) is 40.4 Å². The highest BCUT2D eigenvalue weighted by Crippen LogP contribution is 2.12. The van der Waals surface area contributed by atoms with Gasteiger partial charge in [-0.25, -0.2) is 0 Å². The van der Waals surface area contributed by atoms with Crippen LogP contribution in [0.4, 0.5) is 0 Å². The predicted octanol–water partition coefficient (Wildman–Crippen LogP) is 2.34. The van der Waals surface area contributed by atoms with Crippen molar-refractivity contribution >= 4 is 45.2 Å².